The summed E-state index contributed by atoms with van der Waals surface area (Å²) in [6, 6.07) is 15.7. The number of pyridine rings is 1. The average molecular weight is 1060 g/mol. The quantitative estimate of drug-likeness (QED) is 0.0447. The Morgan fingerprint density at radius 3 is 2.24 bits per heavy atom. The minimum Gasteiger partial charge on any atom is -0.391 e. The van der Waals surface area contributed by atoms with Gasteiger partial charge in [-0.25, -0.2) is 9.37 Å². The second kappa shape index (κ2) is 23.4. The lowest BCUT2D eigenvalue weighted by molar-refractivity contribution is -0.146. The molecule has 2 aromatic heterocycles. The molecule has 3 aromatic carbocycles. The maximum absolute atomic E-state index is 15.7. The highest BCUT2D eigenvalue weighted by atomic mass is 32.1. The van der Waals surface area contributed by atoms with Gasteiger partial charge in [0.1, 0.15) is 17.6 Å². The van der Waals surface area contributed by atoms with Gasteiger partial charge < -0.3 is 35.8 Å². The Hall–Kier alpha value is -6.77. The molecule has 400 valence electrons. The van der Waals surface area contributed by atoms with Gasteiger partial charge in [-0.1, -0.05) is 51.1 Å². The molecule has 0 bridgehead atoms. The van der Waals surface area contributed by atoms with E-state index in [0.717, 1.165) is 27.8 Å². The number of aryl methyl sites for hydroxylation is 1. The number of ketones is 1. The van der Waals surface area contributed by atoms with Crippen molar-refractivity contribution in [2.24, 2.45) is 11.3 Å². The smallest absolute Gasteiger partial charge is 0.391 e. The van der Waals surface area contributed by atoms with Gasteiger partial charge in [0.25, 0.3) is 11.8 Å². The summed E-state index contributed by atoms with van der Waals surface area (Å²) in [4.78, 5) is 93.1. The molecular weight excluding hydrogens is 993 g/mol. The van der Waals surface area contributed by atoms with Gasteiger partial charge in [0.15, 0.2) is 0 Å². The summed E-state index contributed by atoms with van der Waals surface area (Å²) in [6.07, 6.45) is -4.34. The number of H-pyrrole nitrogens is 1. The van der Waals surface area contributed by atoms with E-state index in [0.29, 0.717) is 43.9 Å². The lowest BCUT2D eigenvalue weighted by Gasteiger charge is -2.44. The molecule has 4 amide bonds. The van der Waals surface area contributed by atoms with Gasteiger partial charge >= 0.3 is 6.18 Å². The highest BCUT2D eigenvalue weighted by molar-refractivity contribution is 7.13. The summed E-state index contributed by atoms with van der Waals surface area (Å²) in [5, 5.41) is 19.0. The molecule has 0 aliphatic carbocycles. The van der Waals surface area contributed by atoms with Crippen LogP contribution in [-0.2, 0) is 27.1 Å². The lowest BCUT2D eigenvalue weighted by Crippen LogP contribution is -2.55. The van der Waals surface area contributed by atoms with Crippen molar-refractivity contribution in [3.63, 3.8) is 0 Å². The van der Waals surface area contributed by atoms with E-state index in [1.54, 1.807) is 29.0 Å². The summed E-state index contributed by atoms with van der Waals surface area (Å²) in [7, 11) is 1.98. The first-order valence-corrected chi connectivity index (χ1v) is 25.8. The summed E-state index contributed by atoms with van der Waals surface area (Å²) in [6.45, 7) is 12.9. The zero-order valence-electron chi connectivity index (χ0n) is 43.1. The number of piperazine rings is 1. The molecule has 20 heteroatoms. The molecular formula is C55H64F4N8O7S. The summed E-state index contributed by atoms with van der Waals surface area (Å²) >= 11 is 1.55. The van der Waals surface area contributed by atoms with Gasteiger partial charge in [-0.05, 0) is 93.1 Å². The molecule has 75 heavy (non-hydrogen) atoms. The third-order valence-corrected chi connectivity index (χ3v) is 15.2. The van der Waals surface area contributed by atoms with Crippen molar-refractivity contribution in [1.82, 2.24) is 30.4 Å². The number of aromatic nitrogens is 2. The first-order chi connectivity index (χ1) is 35.4. The molecule has 15 nitrogen and oxygen atoms in total. The molecule has 0 saturated carbocycles. The van der Waals surface area contributed by atoms with E-state index in [2.05, 4.69) is 30.8 Å². The van der Waals surface area contributed by atoms with Gasteiger partial charge in [0.05, 0.1) is 44.7 Å². The number of aliphatic hydroxyl groups is 1. The predicted octanol–water partition coefficient (Wildman–Crippen LogP) is 8.21. The number of likely N-dealkylation sites (tertiary alicyclic amines) is 1. The van der Waals surface area contributed by atoms with Crippen LogP contribution < -0.4 is 26.4 Å². The fourth-order valence-corrected chi connectivity index (χ4v) is 10.5. The number of likely N-dealkylation sites (N-methyl/N-ethyl adjacent to an activating group) is 1. The molecule has 4 heterocycles. The number of nitrogens with one attached hydrogen (secondary N) is 4. The first-order valence-electron chi connectivity index (χ1n) is 25.0. The molecule has 5 aromatic rings. The molecule has 7 rings (SSSR count). The van der Waals surface area contributed by atoms with Crippen LogP contribution in [0.1, 0.15) is 104 Å². The van der Waals surface area contributed by atoms with Gasteiger partial charge in [-0.15, -0.1) is 11.3 Å². The molecule has 2 aliphatic heterocycles. The van der Waals surface area contributed by atoms with E-state index in [9.17, 15) is 47.0 Å². The number of nitrogens with zero attached hydrogens (tertiary/aromatic N) is 4. The topological polar surface area (TPSA) is 197 Å². The number of alkyl halides is 3. The van der Waals surface area contributed by atoms with Crippen LogP contribution in [0.25, 0.3) is 21.6 Å². The first kappa shape index (κ1) is 56.0. The van der Waals surface area contributed by atoms with Crippen molar-refractivity contribution in [2.45, 2.75) is 111 Å². The second-order valence-corrected chi connectivity index (χ2v) is 21.6. The number of aliphatic hydroxyl groups excluding tert-OH is 1. The summed E-state index contributed by atoms with van der Waals surface area (Å²) < 4.78 is 57.7. The van der Waals surface area contributed by atoms with Crippen molar-refractivity contribution < 1.29 is 46.6 Å². The SMILES string of the molecule is Cc1ncsc1-c1ccc(CNC(=O)[C@@H]2C[C@@H](O)CN2C(=O)[C@@H](CC(=O)CCCCNC(=O)c2ccc(F)c(-c3ccc(N4C[C@@H](C)N(C)[C@@H](C)C4)c(NC(=O)c4c[nH]c(=O)cc4C(F)(F)F)c3)c2)C(C)(C)C)cc1. The van der Waals surface area contributed by atoms with Crippen LogP contribution in [0.15, 0.2) is 83.2 Å². The number of aromatic amines is 1. The number of rotatable bonds is 17. The molecule has 2 saturated heterocycles. The Labute approximate surface area is 437 Å². The number of hydrogen-bond donors (Lipinski definition) is 5. The third-order valence-electron chi connectivity index (χ3n) is 14.2. The molecule has 0 unspecified atom stereocenters. The van der Waals surface area contributed by atoms with E-state index >= 15 is 4.39 Å². The zero-order valence-corrected chi connectivity index (χ0v) is 43.9. The molecule has 2 aliphatic rings. The minimum atomic E-state index is -5.01. The highest BCUT2D eigenvalue weighted by Gasteiger charge is 2.44. The Kier molecular flexibility index (Phi) is 17.5. The number of hydrogen-bond acceptors (Lipinski definition) is 11. The van der Waals surface area contributed by atoms with Crippen LogP contribution in [0, 0.1) is 24.1 Å². The van der Waals surface area contributed by atoms with Gasteiger partial charge in [-0.3, -0.25) is 33.7 Å². The number of Topliss-reactive ketones (excluding diaryl/α,β-unsaturated/α-hetero) is 1. The van der Waals surface area contributed by atoms with Crippen LogP contribution >= 0.6 is 11.3 Å². The number of halogens is 4. The van der Waals surface area contributed by atoms with Crippen LogP contribution in [0.5, 0.6) is 0 Å². The highest BCUT2D eigenvalue weighted by Crippen LogP contribution is 2.38. The largest absolute Gasteiger partial charge is 0.417 e. The number of β-amino-alcohol motifs (C(OH)–C–C–N with tert-alkyl or cyclic N) is 1. The number of amides is 4. The number of benzene rings is 3. The molecule has 5 N–H and O–H groups in total. The zero-order chi connectivity index (χ0) is 54.5. The Morgan fingerprint density at radius 1 is 0.893 bits per heavy atom. The Morgan fingerprint density at radius 2 is 1.59 bits per heavy atom. The normalized spacial score (nSPS) is 18.7. The van der Waals surface area contributed by atoms with Gasteiger partial charge in [-0.2, -0.15) is 13.2 Å². The average Bonchev–Trinajstić information content (AvgIpc) is 3.98. The van der Waals surface area contributed by atoms with Crippen molar-refractivity contribution in [2.75, 3.05) is 43.4 Å². The van der Waals surface area contributed by atoms with Crippen molar-refractivity contribution in [3.8, 4) is 21.6 Å². The number of thiazole rings is 1. The van der Waals surface area contributed by atoms with E-state index < -0.39 is 69.9 Å². The molecule has 0 spiro atoms. The van der Waals surface area contributed by atoms with Crippen molar-refractivity contribution in [1.29, 1.82) is 0 Å². The minimum absolute atomic E-state index is 0.0158. The Balaban J connectivity index is 0.958. The molecule has 5 atom stereocenters. The maximum atomic E-state index is 15.7. The van der Waals surface area contributed by atoms with Crippen LogP contribution in [0.3, 0.4) is 0 Å². The van der Waals surface area contributed by atoms with E-state index in [-0.39, 0.29) is 85.0 Å². The summed E-state index contributed by atoms with van der Waals surface area (Å²) in [5.74, 6) is -4.12. The van der Waals surface area contributed by atoms with E-state index in [1.165, 1.54) is 23.1 Å². The van der Waals surface area contributed by atoms with Crippen LogP contribution in [-0.4, -0.2) is 112 Å². The van der Waals surface area contributed by atoms with Crippen LogP contribution in [0.2, 0.25) is 0 Å². The van der Waals surface area contributed by atoms with Crippen molar-refractivity contribution >= 4 is 52.1 Å². The van der Waals surface area contributed by atoms with Gasteiger partial charge in [0, 0.05) is 93.4 Å². The van der Waals surface area contributed by atoms with E-state index in [1.807, 2.05) is 77.8 Å². The maximum Gasteiger partial charge on any atom is 0.417 e. The predicted molar refractivity (Wildman–Crippen MR) is 280 cm³/mol. The van der Waals surface area contributed by atoms with E-state index in [4.69, 9.17) is 0 Å². The third kappa shape index (κ3) is 13.6. The standard InChI is InChI=1S/C55H64F4N8O7S/c1-31-27-66(28-32(2)65(31)7)46-18-16-36(21-45(46)64-51(72)41-26-61-48(70)24-42(41)55(57,58)59)40-20-37(15-17-44(40)56)50(71)60-19-9-8-10-38(68)22-43(54(4,5)6)53(74)67-29-39(69)23-47(67)52(73)62-25-34-11-13-35(14-12-34)49-33(3)63-30-75-49/h11-18,20-21,24,26,30-32,39,43,47,69H,8-10,19,22-23,25,27-29H2,1-7H3,(H,60,71)(H,61,70)(H,62,73)(H,64,72)/t31-,32+,39-,43-,47+/m1/s1. The van der Waals surface area contributed by atoms with Gasteiger partial charge in [0.2, 0.25) is 17.4 Å². The monoisotopic (exact) mass is 1060 g/mol. The fraction of sp³-hybridized carbons (Fsp3) is 0.436. The number of carbonyl (C=O) groups excluding carboxylic acids is 5. The second-order valence-electron chi connectivity index (χ2n) is 20.7. The number of unbranched alkanes of at least 4 members (excludes halogenated alkanes) is 1. The molecule has 2 fully saturated rings. The van der Waals surface area contributed by atoms with Crippen LogP contribution in [0.4, 0.5) is 28.9 Å². The number of anilines is 2. The molecule has 0 radical (unpaired) electrons. The Bertz CT molecular complexity index is 2960. The van der Waals surface area contributed by atoms with Crippen molar-refractivity contribution in [3.05, 3.63) is 123 Å². The number of carbonyl (C=O) groups is 5. The summed E-state index contributed by atoms with van der Waals surface area (Å²) in [5.41, 5.74) is 1.54. The fourth-order valence-electron chi connectivity index (χ4n) is 9.66. The lowest BCUT2D eigenvalue weighted by atomic mass is 9.76.